The standard InChI is InChI=1S/C23H39N5O3/c1-18(28-11-14-31-17-19(28)2)15-25-23(24-3)26-16-22(27-9-12-30-13-10-27)20-5-7-21(29-4)8-6-20/h5-8,18-19,22H,9-17H2,1-4H3,(H2,24,25,26). The van der Waals surface area contributed by atoms with Gasteiger partial charge in [0.05, 0.1) is 39.6 Å². The van der Waals surface area contributed by atoms with E-state index in [0.29, 0.717) is 12.1 Å². The van der Waals surface area contributed by atoms with E-state index in [4.69, 9.17) is 14.2 Å². The Hall–Kier alpha value is -1.87. The Morgan fingerprint density at radius 2 is 1.77 bits per heavy atom. The Morgan fingerprint density at radius 3 is 2.42 bits per heavy atom. The number of guanidine groups is 1. The molecule has 2 fully saturated rings. The van der Waals surface area contributed by atoms with E-state index in [1.165, 1.54) is 5.56 Å². The number of nitrogens with zero attached hydrogens (tertiary/aromatic N) is 3. The van der Waals surface area contributed by atoms with E-state index in [9.17, 15) is 0 Å². The van der Waals surface area contributed by atoms with Crippen LogP contribution in [0.5, 0.6) is 5.75 Å². The normalized spacial score (nSPS) is 23.2. The Morgan fingerprint density at radius 1 is 1.10 bits per heavy atom. The zero-order valence-corrected chi connectivity index (χ0v) is 19.5. The Labute approximate surface area is 186 Å². The molecule has 2 aliphatic rings. The van der Waals surface area contributed by atoms with Gasteiger partial charge in [0.25, 0.3) is 0 Å². The van der Waals surface area contributed by atoms with Gasteiger partial charge < -0.3 is 24.8 Å². The van der Waals surface area contributed by atoms with Crippen molar-refractivity contribution >= 4 is 5.96 Å². The summed E-state index contributed by atoms with van der Waals surface area (Å²) in [4.78, 5) is 9.42. The molecule has 3 unspecified atom stereocenters. The van der Waals surface area contributed by atoms with Crippen LogP contribution in [0.3, 0.4) is 0 Å². The van der Waals surface area contributed by atoms with Gasteiger partial charge in [-0.25, -0.2) is 0 Å². The number of benzene rings is 1. The maximum Gasteiger partial charge on any atom is 0.191 e. The number of aliphatic imine (C=N–C) groups is 1. The van der Waals surface area contributed by atoms with E-state index in [1.807, 2.05) is 19.2 Å². The van der Waals surface area contributed by atoms with Crippen LogP contribution in [0.25, 0.3) is 0 Å². The largest absolute Gasteiger partial charge is 0.497 e. The van der Waals surface area contributed by atoms with Crippen molar-refractivity contribution in [3.63, 3.8) is 0 Å². The SMILES string of the molecule is CN=C(NCC(c1ccc(OC)cc1)N1CCOCC1)NCC(C)N1CCOCC1C. The van der Waals surface area contributed by atoms with Crippen LogP contribution in [0.4, 0.5) is 0 Å². The predicted octanol–water partition coefficient (Wildman–Crippen LogP) is 1.34. The quantitative estimate of drug-likeness (QED) is 0.474. The van der Waals surface area contributed by atoms with E-state index in [0.717, 1.165) is 70.9 Å². The maximum atomic E-state index is 5.57. The molecule has 0 aromatic heterocycles. The van der Waals surface area contributed by atoms with Crippen LogP contribution in [0.1, 0.15) is 25.5 Å². The van der Waals surface area contributed by atoms with Crippen molar-refractivity contribution in [3.8, 4) is 5.75 Å². The third-order valence-corrected chi connectivity index (χ3v) is 6.22. The Bertz CT molecular complexity index is 678. The molecule has 1 aromatic carbocycles. The molecular weight excluding hydrogens is 394 g/mol. The zero-order chi connectivity index (χ0) is 22.1. The molecule has 0 bridgehead atoms. The summed E-state index contributed by atoms with van der Waals surface area (Å²) in [5.41, 5.74) is 1.26. The molecule has 3 atom stereocenters. The van der Waals surface area contributed by atoms with Crippen molar-refractivity contribution in [2.24, 2.45) is 4.99 Å². The molecule has 0 spiro atoms. The molecule has 0 saturated carbocycles. The van der Waals surface area contributed by atoms with Crippen molar-refractivity contribution in [1.82, 2.24) is 20.4 Å². The molecule has 0 aliphatic carbocycles. The number of hydrogen-bond donors (Lipinski definition) is 2. The number of rotatable bonds is 8. The Kier molecular flexibility index (Phi) is 9.39. The molecule has 174 valence electrons. The molecule has 2 N–H and O–H groups in total. The van der Waals surface area contributed by atoms with Crippen LogP contribution < -0.4 is 15.4 Å². The molecule has 0 radical (unpaired) electrons. The zero-order valence-electron chi connectivity index (χ0n) is 19.5. The summed E-state index contributed by atoms with van der Waals surface area (Å²) in [7, 11) is 3.53. The molecule has 2 heterocycles. The van der Waals surface area contributed by atoms with Crippen LogP contribution in [0, 0.1) is 0 Å². The van der Waals surface area contributed by atoms with Gasteiger partial charge in [-0.15, -0.1) is 0 Å². The number of nitrogens with one attached hydrogen (secondary N) is 2. The summed E-state index contributed by atoms with van der Waals surface area (Å²) in [6, 6.07) is 9.46. The number of hydrogen-bond acceptors (Lipinski definition) is 6. The molecule has 8 nitrogen and oxygen atoms in total. The number of morpholine rings is 2. The van der Waals surface area contributed by atoms with Crippen molar-refractivity contribution < 1.29 is 14.2 Å². The van der Waals surface area contributed by atoms with E-state index < -0.39 is 0 Å². The van der Waals surface area contributed by atoms with Crippen LogP contribution >= 0.6 is 0 Å². The van der Waals surface area contributed by atoms with Crippen LogP contribution in [0.2, 0.25) is 0 Å². The highest BCUT2D eigenvalue weighted by Gasteiger charge is 2.25. The van der Waals surface area contributed by atoms with Gasteiger partial charge in [-0.3, -0.25) is 14.8 Å². The predicted molar refractivity (Wildman–Crippen MR) is 124 cm³/mol. The first-order valence-electron chi connectivity index (χ1n) is 11.4. The minimum absolute atomic E-state index is 0.241. The molecule has 0 amide bonds. The van der Waals surface area contributed by atoms with Crippen LogP contribution in [-0.4, -0.2) is 101 Å². The van der Waals surface area contributed by atoms with Crippen molar-refractivity contribution in [3.05, 3.63) is 29.8 Å². The fourth-order valence-corrected chi connectivity index (χ4v) is 4.34. The van der Waals surface area contributed by atoms with E-state index in [-0.39, 0.29) is 6.04 Å². The summed E-state index contributed by atoms with van der Waals surface area (Å²) in [6.07, 6.45) is 0. The molecular formula is C23H39N5O3. The lowest BCUT2D eigenvalue weighted by molar-refractivity contribution is -0.0174. The average molecular weight is 434 g/mol. The van der Waals surface area contributed by atoms with Crippen molar-refractivity contribution in [2.45, 2.75) is 32.0 Å². The highest BCUT2D eigenvalue weighted by Crippen LogP contribution is 2.23. The van der Waals surface area contributed by atoms with Crippen molar-refractivity contribution in [2.75, 3.05) is 73.3 Å². The average Bonchev–Trinajstić information content (AvgIpc) is 2.82. The first-order chi connectivity index (χ1) is 15.1. The molecule has 2 saturated heterocycles. The lowest BCUT2D eigenvalue weighted by Crippen LogP contribution is -2.53. The highest BCUT2D eigenvalue weighted by molar-refractivity contribution is 5.79. The van der Waals surface area contributed by atoms with Gasteiger partial charge in [-0.2, -0.15) is 0 Å². The van der Waals surface area contributed by atoms with E-state index in [1.54, 1.807) is 7.11 Å². The van der Waals surface area contributed by atoms with E-state index in [2.05, 4.69) is 51.4 Å². The third kappa shape index (κ3) is 6.80. The van der Waals surface area contributed by atoms with Gasteiger partial charge in [-0.1, -0.05) is 12.1 Å². The summed E-state index contributed by atoms with van der Waals surface area (Å²) < 4.78 is 16.5. The first kappa shape index (κ1) is 23.8. The van der Waals surface area contributed by atoms with Gasteiger partial charge in [0.2, 0.25) is 0 Å². The van der Waals surface area contributed by atoms with Gasteiger partial charge in [0.15, 0.2) is 5.96 Å². The van der Waals surface area contributed by atoms with Gasteiger partial charge in [0, 0.05) is 51.9 Å². The minimum Gasteiger partial charge on any atom is -0.497 e. The molecule has 1 aromatic rings. The molecule has 2 aliphatic heterocycles. The fourth-order valence-electron chi connectivity index (χ4n) is 4.34. The number of ether oxygens (including phenoxy) is 3. The van der Waals surface area contributed by atoms with Crippen molar-refractivity contribution in [1.29, 1.82) is 0 Å². The topological polar surface area (TPSA) is 70.6 Å². The number of methoxy groups -OCH3 is 1. The molecule has 3 rings (SSSR count). The van der Waals surface area contributed by atoms with Gasteiger partial charge >= 0.3 is 0 Å². The summed E-state index contributed by atoms with van der Waals surface area (Å²) >= 11 is 0. The Balaban J connectivity index is 1.57. The molecule has 31 heavy (non-hydrogen) atoms. The second kappa shape index (κ2) is 12.2. The minimum atomic E-state index is 0.241. The lowest BCUT2D eigenvalue weighted by atomic mass is 10.0. The van der Waals surface area contributed by atoms with Gasteiger partial charge in [0.1, 0.15) is 5.75 Å². The summed E-state index contributed by atoms with van der Waals surface area (Å²) in [5, 5.41) is 7.05. The van der Waals surface area contributed by atoms with Crippen LogP contribution in [0.15, 0.2) is 29.3 Å². The van der Waals surface area contributed by atoms with E-state index >= 15 is 0 Å². The fraction of sp³-hybridized carbons (Fsp3) is 0.696. The first-order valence-corrected chi connectivity index (χ1v) is 11.4. The second-order valence-corrected chi connectivity index (χ2v) is 8.28. The maximum absolute atomic E-state index is 5.57. The van der Waals surface area contributed by atoms with Crippen LogP contribution in [-0.2, 0) is 9.47 Å². The second-order valence-electron chi connectivity index (χ2n) is 8.28. The smallest absolute Gasteiger partial charge is 0.191 e. The molecule has 8 heteroatoms. The summed E-state index contributed by atoms with van der Waals surface area (Å²) in [5.74, 6) is 1.71. The summed E-state index contributed by atoms with van der Waals surface area (Å²) in [6.45, 7) is 12.1. The monoisotopic (exact) mass is 433 g/mol. The highest BCUT2D eigenvalue weighted by atomic mass is 16.5. The third-order valence-electron chi connectivity index (χ3n) is 6.22. The van der Waals surface area contributed by atoms with Gasteiger partial charge in [-0.05, 0) is 31.5 Å². The lowest BCUT2D eigenvalue weighted by Gasteiger charge is -2.38.